The minimum Gasteiger partial charge on any atom is -0.396 e. The lowest BCUT2D eigenvalue weighted by molar-refractivity contribution is 0.0621. The number of fused-ring (bicyclic) bond motifs is 3. The fourth-order valence-electron chi connectivity index (χ4n) is 4.93. The molecule has 9 nitrogen and oxygen atoms in total. The number of hydrogen-bond acceptors (Lipinski definition) is 8. The molecule has 2 aliphatic rings. The van der Waals surface area contributed by atoms with Crippen molar-refractivity contribution in [3.8, 4) is 11.3 Å². The predicted molar refractivity (Wildman–Crippen MR) is 130 cm³/mol. The van der Waals surface area contributed by atoms with Crippen LogP contribution in [0.3, 0.4) is 0 Å². The van der Waals surface area contributed by atoms with Crippen molar-refractivity contribution in [1.82, 2.24) is 24.5 Å². The Labute approximate surface area is 205 Å². The summed E-state index contributed by atoms with van der Waals surface area (Å²) in [5.41, 5.74) is 2.04. The van der Waals surface area contributed by atoms with Crippen molar-refractivity contribution in [2.75, 3.05) is 36.5 Å². The second-order valence-electron chi connectivity index (χ2n) is 9.29. The van der Waals surface area contributed by atoms with Gasteiger partial charge in [-0.1, -0.05) is 0 Å². The lowest BCUT2D eigenvalue weighted by Gasteiger charge is -2.22. The Morgan fingerprint density at radius 1 is 1.14 bits per heavy atom. The minimum atomic E-state index is -0.662. The van der Waals surface area contributed by atoms with Crippen molar-refractivity contribution in [2.24, 2.45) is 5.92 Å². The van der Waals surface area contributed by atoms with Gasteiger partial charge < -0.3 is 24.6 Å². The third-order valence-electron chi connectivity index (χ3n) is 6.77. The SMILES string of the molecule is CC1COCc2nc3c(F)cc(-c4nc(Nc5ccc(N6CCC(CO)C6)cn5)ncc4F)cc3n21. The topological polar surface area (TPSA) is 101 Å². The van der Waals surface area contributed by atoms with Gasteiger partial charge in [0, 0.05) is 31.2 Å². The van der Waals surface area contributed by atoms with Gasteiger partial charge in [0.15, 0.2) is 11.6 Å². The summed E-state index contributed by atoms with van der Waals surface area (Å²) in [6, 6.07) is 6.64. The highest BCUT2D eigenvalue weighted by Gasteiger charge is 2.24. The molecule has 0 aliphatic carbocycles. The lowest BCUT2D eigenvalue weighted by atomic mass is 10.1. The maximum Gasteiger partial charge on any atom is 0.229 e. The van der Waals surface area contributed by atoms with Crippen LogP contribution in [0.2, 0.25) is 0 Å². The summed E-state index contributed by atoms with van der Waals surface area (Å²) in [5.74, 6) is 0.347. The number of ether oxygens (including phenoxy) is 1. The Bertz CT molecular complexity index is 1430. The molecule has 2 atom stereocenters. The molecule has 11 heteroatoms. The average molecular weight is 494 g/mol. The van der Waals surface area contributed by atoms with Crippen molar-refractivity contribution < 1.29 is 18.6 Å². The molecule has 0 bridgehead atoms. The molecule has 0 spiro atoms. The molecule has 1 saturated heterocycles. The fraction of sp³-hybridized carbons (Fsp3) is 0.360. The normalized spacial score (nSPS) is 19.6. The molecular weight excluding hydrogens is 468 g/mol. The van der Waals surface area contributed by atoms with E-state index in [-0.39, 0.29) is 35.7 Å². The zero-order valence-corrected chi connectivity index (χ0v) is 19.7. The van der Waals surface area contributed by atoms with E-state index in [1.54, 1.807) is 18.3 Å². The number of rotatable bonds is 5. The van der Waals surface area contributed by atoms with Gasteiger partial charge >= 0.3 is 0 Å². The summed E-state index contributed by atoms with van der Waals surface area (Å²) in [7, 11) is 0. The molecule has 1 aromatic carbocycles. The predicted octanol–water partition coefficient (Wildman–Crippen LogP) is 3.82. The first-order chi connectivity index (χ1) is 17.5. The van der Waals surface area contributed by atoms with Crippen LogP contribution in [0.25, 0.3) is 22.3 Å². The average Bonchev–Trinajstić information content (AvgIpc) is 3.52. The number of anilines is 3. The first-order valence-corrected chi connectivity index (χ1v) is 11.9. The highest BCUT2D eigenvalue weighted by atomic mass is 19.1. The third-order valence-corrected chi connectivity index (χ3v) is 6.77. The van der Waals surface area contributed by atoms with Crippen LogP contribution in [-0.2, 0) is 11.3 Å². The van der Waals surface area contributed by atoms with Crippen LogP contribution in [0.1, 0.15) is 25.2 Å². The number of nitrogens with one attached hydrogen (secondary N) is 1. The zero-order chi connectivity index (χ0) is 24.8. The van der Waals surface area contributed by atoms with E-state index >= 15 is 4.39 Å². The molecule has 0 saturated carbocycles. The summed E-state index contributed by atoms with van der Waals surface area (Å²) in [6.07, 6.45) is 3.75. The van der Waals surface area contributed by atoms with Crippen LogP contribution < -0.4 is 10.2 Å². The molecule has 2 N–H and O–H groups in total. The number of pyridine rings is 1. The van der Waals surface area contributed by atoms with Gasteiger partial charge in [-0.3, -0.25) is 0 Å². The van der Waals surface area contributed by atoms with Crippen LogP contribution in [0.15, 0.2) is 36.7 Å². The second-order valence-corrected chi connectivity index (χ2v) is 9.29. The highest BCUT2D eigenvalue weighted by molar-refractivity contribution is 5.83. The van der Waals surface area contributed by atoms with Crippen molar-refractivity contribution >= 4 is 28.5 Å². The molecule has 4 aromatic rings. The van der Waals surface area contributed by atoms with E-state index in [0.717, 1.165) is 31.4 Å². The third kappa shape index (κ3) is 4.03. The van der Waals surface area contributed by atoms with Crippen LogP contribution in [0.5, 0.6) is 0 Å². The number of aromatic nitrogens is 5. The minimum absolute atomic E-state index is 0.0210. The van der Waals surface area contributed by atoms with Crippen molar-refractivity contribution in [3.63, 3.8) is 0 Å². The van der Waals surface area contributed by atoms with E-state index in [1.165, 1.54) is 6.07 Å². The van der Waals surface area contributed by atoms with E-state index in [0.29, 0.717) is 35.9 Å². The van der Waals surface area contributed by atoms with Gasteiger partial charge in [-0.25, -0.2) is 28.7 Å². The van der Waals surface area contributed by atoms with Gasteiger partial charge in [0.05, 0.1) is 36.2 Å². The Morgan fingerprint density at radius 2 is 2.03 bits per heavy atom. The molecule has 1 fully saturated rings. The maximum atomic E-state index is 15.0. The summed E-state index contributed by atoms with van der Waals surface area (Å²) < 4.78 is 37.3. The molecule has 3 aromatic heterocycles. The number of halogens is 2. The molecule has 186 valence electrons. The first-order valence-electron chi connectivity index (χ1n) is 11.9. The second kappa shape index (κ2) is 9.07. The molecule has 36 heavy (non-hydrogen) atoms. The highest BCUT2D eigenvalue weighted by Crippen LogP contribution is 2.32. The molecule has 2 aliphatic heterocycles. The molecule has 6 rings (SSSR count). The summed E-state index contributed by atoms with van der Waals surface area (Å²) in [5, 5.41) is 12.4. The number of aliphatic hydroxyl groups excluding tert-OH is 1. The van der Waals surface area contributed by atoms with Gasteiger partial charge in [-0.15, -0.1) is 0 Å². The number of imidazole rings is 1. The fourth-order valence-corrected chi connectivity index (χ4v) is 4.93. The lowest BCUT2D eigenvalue weighted by Crippen LogP contribution is -2.21. The number of nitrogens with zero attached hydrogens (tertiary/aromatic N) is 6. The van der Waals surface area contributed by atoms with E-state index < -0.39 is 11.6 Å². The van der Waals surface area contributed by atoms with E-state index in [4.69, 9.17) is 4.74 Å². The first kappa shape index (κ1) is 22.7. The van der Waals surface area contributed by atoms with Crippen LogP contribution in [0.4, 0.5) is 26.2 Å². The Kier molecular flexibility index (Phi) is 5.73. The van der Waals surface area contributed by atoms with Gasteiger partial charge in [-0.2, -0.15) is 0 Å². The summed E-state index contributed by atoms with van der Waals surface area (Å²) in [6.45, 7) is 4.61. The Hall–Kier alpha value is -3.70. The largest absolute Gasteiger partial charge is 0.396 e. The maximum absolute atomic E-state index is 15.0. The van der Waals surface area contributed by atoms with Gasteiger partial charge in [0.1, 0.15) is 29.5 Å². The zero-order valence-electron chi connectivity index (χ0n) is 19.7. The quantitative estimate of drug-likeness (QED) is 0.433. The number of aliphatic hydroxyl groups is 1. The van der Waals surface area contributed by atoms with Crippen molar-refractivity contribution in [2.45, 2.75) is 26.0 Å². The standard InChI is InChI=1S/C25H25F2N7O2/c1-14-12-36-13-22-31-24-18(26)6-16(7-20(24)34(14)22)23-19(27)9-29-25(32-23)30-21-3-2-17(8-28-21)33-5-4-15(10-33)11-35/h2-3,6-9,14-15,35H,4-5,10-13H2,1H3,(H,28,29,30,32). The molecule has 2 unspecified atom stereocenters. The summed E-state index contributed by atoms with van der Waals surface area (Å²) in [4.78, 5) is 19.3. The van der Waals surface area contributed by atoms with E-state index in [2.05, 4.69) is 30.2 Å². The van der Waals surface area contributed by atoms with E-state index in [1.807, 2.05) is 17.6 Å². The van der Waals surface area contributed by atoms with Crippen molar-refractivity contribution in [1.29, 1.82) is 0 Å². The van der Waals surface area contributed by atoms with Gasteiger partial charge in [0.25, 0.3) is 0 Å². The Balaban J connectivity index is 1.28. The van der Waals surface area contributed by atoms with Gasteiger partial charge in [-0.05, 0) is 37.6 Å². The molecule has 5 heterocycles. The smallest absolute Gasteiger partial charge is 0.229 e. The summed E-state index contributed by atoms with van der Waals surface area (Å²) >= 11 is 0. The van der Waals surface area contributed by atoms with Crippen LogP contribution in [0, 0.1) is 17.6 Å². The number of hydrogen-bond donors (Lipinski definition) is 2. The monoisotopic (exact) mass is 493 g/mol. The molecular formula is C25H25F2N7O2. The van der Waals surface area contributed by atoms with Crippen molar-refractivity contribution in [3.05, 3.63) is 54.1 Å². The molecule has 0 radical (unpaired) electrons. The molecule has 0 amide bonds. The Morgan fingerprint density at radius 3 is 2.81 bits per heavy atom. The van der Waals surface area contributed by atoms with Crippen LogP contribution >= 0.6 is 0 Å². The van der Waals surface area contributed by atoms with E-state index in [9.17, 15) is 9.50 Å². The van der Waals surface area contributed by atoms with Crippen LogP contribution in [-0.4, -0.2) is 55.9 Å². The number of benzene rings is 1. The van der Waals surface area contributed by atoms with Gasteiger partial charge in [0.2, 0.25) is 5.95 Å².